The van der Waals surface area contributed by atoms with E-state index in [1.807, 2.05) is 18.2 Å². The zero-order valence-corrected chi connectivity index (χ0v) is 9.88. The lowest BCUT2D eigenvalue weighted by Gasteiger charge is -2.38. The Balaban J connectivity index is 1.94. The topological polar surface area (TPSA) is 50.4 Å². The summed E-state index contributed by atoms with van der Waals surface area (Å²) in [6, 6.07) is 5.71. The van der Waals surface area contributed by atoms with Crippen LogP contribution in [0, 0.1) is 5.41 Å². The second-order valence-electron chi connectivity index (χ2n) is 4.85. The number of hydrogen-bond donors (Lipinski definition) is 2. The Morgan fingerprint density at radius 3 is 2.76 bits per heavy atom. The first kappa shape index (κ1) is 10.4. The van der Waals surface area contributed by atoms with E-state index >= 15 is 0 Å². The van der Waals surface area contributed by atoms with E-state index in [0.717, 1.165) is 42.9 Å². The quantitative estimate of drug-likeness (QED) is 0.780. The fourth-order valence-electron chi connectivity index (χ4n) is 2.51. The number of amides is 1. The van der Waals surface area contributed by atoms with Crippen molar-refractivity contribution in [1.29, 1.82) is 0 Å². The van der Waals surface area contributed by atoms with Gasteiger partial charge in [0.05, 0.1) is 23.9 Å². The van der Waals surface area contributed by atoms with Crippen molar-refractivity contribution >= 4 is 17.3 Å². The Labute approximate surface area is 100 Å². The second kappa shape index (κ2) is 3.65. The van der Waals surface area contributed by atoms with Crippen LogP contribution in [0.1, 0.15) is 19.3 Å². The summed E-state index contributed by atoms with van der Waals surface area (Å²) in [4.78, 5) is 12.2. The summed E-state index contributed by atoms with van der Waals surface area (Å²) in [7, 11) is 1.63. The molecule has 0 saturated heterocycles. The Bertz CT molecular complexity index is 466. The van der Waals surface area contributed by atoms with Crippen molar-refractivity contribution < 1.29 is 9.53 Å². The molecule has 1 aromatic carbocycles. The van der Waals surface area contributed by atoms with Gasteiger partial charge in [0, 0.05) is 12.6 Å². The lowest BCUT2D eigenvalue weighted by molar-refractivity contribution is -0.129. The number of carbonyl (C=O) groups excluding carboxylic acids is 1. The number of anilines is 2. The molecule has 0 unspecified atom stereocenters. The van der Waals surface area contributed by atoms with Crippen LogP contribution in [0.2, 0.25) is 0 Å². The predicted molar refractivity (Wildman–Crippen MR) is 66.4 cm³/mol. The minimum Gasteiger partial charge on any atom is -0.497 e. The molecule has 2 aliphatic rings. The van der Waals surface area contributed by atoms with Crippen molar-refractivity contribution in [3.63, 3.8) is 0 Å². The molecule has 2 N–H and O–H groups in total. The van der Waals surface area contributed by atoms with E-state index in [1.54, 1.807) is 7.11 Å². The standard InChI is InChI=1S/C13H16N2O2/c1-17-9-3-4-10-11(7-9)15-12(16)13(8-14-10)5-2-6-13/h3-4,7,14H,2,5-6,8H2,1H3,(H,15,16). The van der Waals surface area contributed by atoms with Crippen LogP contribution in [0.25, 0.3) is 0 Å². The molecule has 0 bridgehead atoms. The van der Waals surface area contributed by atoms with Gasteiger partial charge in [0.1, 0.15) is 5.75 Å². The Kier molecular flexibility index (Phi) is 2.24. The third-order valence-corrected chi connectivity index (χ3v) is 3.88. The number of hydrogen-bond acceptors (Lipinski definition) is 3. The van der Waals surface area contributed by atoms with Gasteiger partial charge in [0.2, 0.25) is 5.91 Å². The van der Waals surface area contributed by atoms with Gasteiger partial charge < -0.3 is 15.4 Å². The Morgan fingerprint density at radius 1 is 1.29 bits per heavy atom. The van der Waals surface area contributed by atoms with E-state index in [2.05, 4.69) is 10.6 Å². The highest BCUT2D eigenvalue weighted by molar-refractivity contribution is 6.00. The number of benzene rings is 1. The van der Waals surface area contributed by atoms with Crippen molar-refractivity contribution in [1.82, 2.24) is 0 Å². The summed E-state index contributed by atoms with van der Waals surface area (Å²) < 4.78 is 5.17. The molecule has 1 heterocycles. The van der Waals surface area contributed by atoms with Crippen LogP contribution in [-0.4, -0.2) is 19.6 Å². The zero-order chi connectivity index (χ0) is 11.9. The van der Waals surface area contributed by atoms with Crippen LogP contribution in [0.3, 0.4) is 0 Å². The summed E-state index contributed by atoms with van der Waals surface area (Å²) >= 11 is 0. The van der Waals surface area contributed by atoms with Gasteiger partial charge in [-0.1, -0.05) is 6.42 Å². The summed E-state index contributed by atoms with van der Waals surface area (Å²) in [5, 5.41) is 6.37. The number of carbonyl (C=O) groups is 1. The van der Waals surface area contributed by atoms with Crippen molar-refractivity contribution in [2.45, 2.75) is 19.3 Å². The molecule has 1 spiro atoms. The number of ether oxygens (including phenoxy) is 1. The average Bonchev–Trinajstić information content (AvgIpc) is 2.43. The lowest BCUT2D eigenvalue weighted by atomic mass is 9.68. The molecule has 1 aliphatic heterocycles. The van der Waals surface area contributed by atoms with Crippen molar-refractivity contribution in [3.8, 4) is 5.75 Å². The van der Waals surface area contributed by atoms with Crippen molar-refractivity contribution in [2.24, 2.45) is 5.41 Å². The fourth-order valence-corrected chi connectivity index (χ4v) is 2.51. The molecule has 3 rings (SSSR count). The van der Waals surface area contributed by atoms with Gasteiger partial charge in [-0.15, -0.1) is 0 Å². The second-order valence-corrected chi connectivity index (χ2v) is 4.85. The van der Waals surface area contributed by atoms with Gasteiger partial charge in [-0.25, -0.2) is 0 Å². The van der Waals surface area contributed by atoms with Gasteiger partial charge in [0.15, 0.2) is 0 Å². The molecule has 90 valence electrons. The van der Waals surface area contributed by atoms with E-state index in [1.165, 1.54) is 0 Å². The van der Waals surface area contributed by atoms with Crippen LogP contribution in [0.4, 0.5) is 11.4 Å². The Morgan fingerprint density at radius 2 is 2.12 bits per heavy atom. The van der Waals surface area contributed by atoms with Crippen molar-refractivity contribution in [3.05, 3.63) is 18.2 Å². The third-order valence-electron chi connectivity index (χ3n) is 3.88. The van der Waals surface area contributed by atoms with Gasteiger partial charge >= 0.3 is 0 Å². The maximum atomic E-state index is 12.2. The lowest BCUT2D eigenvalue weighted by Crippen LogP contribution is -2.45. The van der Waals surface area contributed by atoms with E-state index in [0.29, 0.717) is 0 Å². The molecule has 1 saturated carbocycles. The van der Waals surface area contributed by atoms with Gasteiger partial charge in [-0.05, 0) is 25.0 Å². The highest BCUT2D eigenvalue weighted by atomic mass is 16.5. The molecule has 1 aromatic rings. The summed E-state index contributed by atoms with van der Waals surface area (Å²) in [6.45, 7) is 0.734. The number of nitrogens with one attached hydrogen (secondary N) is 2. The van der Waals surface area contributed by atoms with Gasteiger partial charge in [0.25, 0.3) is 0 Å². The van der Waals surface area contributed by atoms with Gasteiger partial charge in [-0.3, -0.25) is 4.79 Å². The predicted octanol–water partition coefficient (Wildman–Crippen LogP) is 2.23. The molecule has 1 aliphatic carbocycles. The van der Waals surface area contributed by atoms with Crippen LogP contribution < -0.4 is 15.4 Å². The minimum atomic E-state index is -0.188. The number of rotatable bonds is 1. The third kappa shape index (κ3) is 1.55. The first-order valence-corrected chi connectivity index (χ1v) is 5.97. The van der Waals surface area contributed by atoms with E-state index in [9.17, 15) is 4.79 Å². The Hall–Kier alpha value is -1.71. The maximum absolute atomic E-state index is 12.2. The zero-order valence-electron chi connectivity index (χ0n) is 9.88. The normalized spacial score (nSPS) is 20.6. The summed E-state index contributed by atoms with van der Waals surface area (Å²) in [6.07, 6.45) is 3.11. The van der Waals surface area contributed by atoms with Crippen LogP contribution in [0.5, 0.6) is 5.75 Å². The van der Waals surface area contributed by atoms with Gasteiger partial charge in [-0.2, -0.15) is 0 Å². The van der Waals surface area contributed by atoms with E-state index in [-0.39, 0.29) is 11.3 Å². The van der Waals surface area contributed by atoms with Crippen molar-refractivity contribution in [2.75, 3.05) is 24.3 Å². The molecule has 4 heteroatoms. The molecule has 0 aromatic heterocycles. The average molecular weight is 232 g/mol. The summed E-state index contributed by atoms with van der Waals surface area (Å²) in [5.41, 5.74) is 1.60. The molecular formula is C13H16N2O2. The highest BCUT2D eigenvalue weighted by Gasteiger charge is 2.45. The van der Waals surface area contributed by atoms with Crippen LogP contribution in [0.15, 0.2) is 18.2 Å². The largest absolute Gasteiger partial charge is 0.497 e. The van der Waals surface area contributed by atoms with Crippen LogP contribution >= 0.6 is 0 Å². The highest BCUT2D eigenvalue weighted by Crippen LogP contribution is 2.44. The monoisotopic (exact) mass is 232 g/mol. The van der Waals surface area contributed by atoms with E-state index in [4.69, 9.17) is 4.74 Å². The molecule has 1 amide bonds. The first-order valence-electron chi connectivity index (χ1n) is 5.97. The molecule has 0 atom stereocenters. The maximum Gasteiger partial charge on any atom is 0.232 e. The smallest absolute Gasteiger partial charge is 0.232 e. The SMILES string of the molecule is COc1ccc2c(c1)NC(=O)C1(CCC1)CN2. The first-order chi connectivity index (χ1) is 8.23. The molecule has 0 radical (unpaired) electrons. The number of fused-ring (bicyclic) bond motifs is 1. The fraction of sp³-hybridized carbons (Fsp3) is 0.462. The minimum absolute atomic E-state index is 0.142. The molecular weight excluding hydrogens is 216 g/mol. The molecule has 1 fully saturated rings. The molecule has 17 heavy (non-hydrogen) atoms. The summed E-state index contributed by atoms with van der Waals surface area (Å²) in [5.74, 6) is 0.902. The van der Waals surface area contributed by atoms with Crippen LogP contribution in [-0.2, 0) is 4.79 Å². The van der Waals surface area contributed by atoms with E-state index < -0.39 is 0 Å². The number of methoxy groups -OCH3 is 1. The molecule has 4 nitrogen and oxygen atoms in total.